The van der Waals surface area contributed by atoms with Gasteiger partial charge < -0.3 is 9.88 Å². The average molecular weight is 327 g/mol. The molecule has 0 aliphatic rings. The molecule has 1 atom stereocenters. The van der Waals surface area contributed by atoms with E-state index in [1.54, 1.807) is 7.05 Å². The fourth-order valence-electron chi connectivity index (χ4n) is 2.32. The van der Waals surface area contributed by atoms with Crippen molar-refractivity contribution >= 4 is 12.0 Å². The summed E-state index contributed by atoms with van der Waals surface area (Å²) in [5.41, 5.74) is 1.59. The largest absolute Gasteiger partial charge is 0.346 e. The third kappa shape index (κ3) is 3.90. The number of hydrogen-bond acceptors (Lipinski definition) is 3. The van der Waals surface area contributed by atoms with Gasteiger partial charge in [-0.05, 0) is 25.5 Å². The van der Waals surface area contributed by atoms with Gasteiger partial charge in [-0.2, -0.15) is 0 Å². The van der Waals surface area contributed by atoms with Crippen molar-refractivity contribution in [2.45, 2.75) is 19.9 Å². The molecule has 6 nitrogen and oxygen atoms in total. The lowest BCUT2D eigenvalue weighted by molar-refractivity contribution is -0.117. The number of nitrogens with one attached hydrogen (secondary N) is 1. The number of rotatable bonds is 4. The van der Waals surface area contributed by atoms with E-state index >= 15 is 0 Å². The molecule has 24 heavy (non-hydrogen) atoms. The molecule has 2 rings (SSSR count). The van der Waals surface area contributed by atoms with Gasteiger partial charge in [0.25, 0.3) is 5.56 Å². The zero-order valence-electron chi connectivity index (χ0n) is 14.2. The molecule has 1 aromatic heterocycles. The first-order chi connectivity index (χ1) is 11.3. The number of hydrogen-bond donors (Lipinski definition) is 1. The summed E-state index contributed by atoms with van der Waals surface area (Å²) in [5, 5.41) is 2.84. The number of carbonyl (C=O) groups excluding carboxylic acids is 1. The number of nitrogens with zero attached hydrogens (tertiary/aromatic N) is 2. The van der Waals surface area contributed by atoms with Gasteiger partial charge in [-0.3, -0.25) is 14.2 Å². The average Bonchev–Trinajstić information content (AvgIpc) is 2.55. The van der Waals surface area contributed by atoms with Gasteiger partial charge in [-0.1, -0.05) is 29.8 Å². The molecular formula is C18H21N3O3. The van der Waals surface area contributed by atoms with Gasteiger partial charge in [0.15, 0.2) is 0 Å². The number of amides is 1. The van der Waals surface area contributed by atoms with Gasteiger partial charge in [0.2, 0.25) is 5.91 Å². The predicted octanol–water partition coefficient (Wildman–Crippen LogP) is 1.28. The zero-order valence-corrected chi connectivity index (χ0v) is 14.2. The Morgan fingerprint density at radius 2 is 1.79 bits per heavy atom. The van der Waals surface area contributed by atoms with Gasteiger partial charge in [0, 0.05) is 26.4 Å². The maximum atomic E-state index is 12.0. The lowest BCUT2D eigenvalue weighted by atomic mass is 10.1. The molecule has 126 valence electrons. The minimum absolute atomic E-state index is 0.147. The number of aromatic nitrogens is 2. The molecule has 0 fully saturated rings. The van der Waals surface area contributed by atoms with Crippen LogP contribution in [-0.4, -0.2) is 15.0 Å². The minimum atomic E-state index is -0.436. The molecule has 1 N–H and O–H groups in total. The summed E-state index contributed by atoms with van der Waals surface area (Å²) in [4.78, 5) is 35.7. The number of aryl methyl sites for hydroxylation is 2. The first-order valence-corrected chi connectivity index (χ1v) is 7.61. The Bertz CT molecular complexity index is 889. The molecule has 0 bridgehead atoms. The SMILES string of the molecule is Cc1ccc(C(C)NC(=O)/C=C/c2cn(C)c(=O)n(C)c2=O)cc1. The van der Waals surface area contributed by atoms with Crippen molar-refractivity contribution in [2.75, 3.05) is 0 Å². The molecule has 0 spiro atoms. The Balaban J connectivity index is 2.12. The van der Waals surface area contributed by atoms with E-state index in [9.17, 15) is 14.4 Å². The maximum absolute atomic E-state index is 12.0. The van der Waals surface area contributed by atoms with Crippen LogP contribution in [0, 0.1) is 6.92 Å². The Morgan fingerprint density at radius 3 is 2.42 bits per heavy atom. The third-order valence-electron chi connectivity index (χ3n) is 3.82. The van der Waals surface area contributed by atoms with Crippen molar-refractivity contribution in [3.63, 3.8) is 0 Å². The molecule has 1 unspecified atom stereocenters. The van der Waals surface area contributed by atoms with Gasteiger partial charge in [-0.15, -0.1) is 0 Å². The van der Waals surface area contributed by atoms with Crippen LogP contribution in [0.15, 0.2) is 46.1 Å². The lowest BCUT2D eigenvalue weighted by Gasteiger charge is -2.13. The highest BCUT2D eigenvalue weighted by molar-refractivity contribution is 5.91. The molecule has 0 radical (unpaired) electrons. The molecule has 1 heterocycles. The number of carbonyl (C=O) groups is 1. The topological polar surface area (TPSA) is 73.1 Å². The first kappa shape index (κ1) is 17.5. The van der Waals surface area contributed by atoms with Gasteiger partial charge in [-0.25, -0.2) is 4.79 Å². The van der Waals surface area contributed by atoms with Crippen LogP contribution >= 0.6 is 0 Å². The third-order valence-corrected chi connectivity index (χ3v) is 3.82. The van der Waals surface area contributed by atoms with E-state index < -0.39 is 11.2 Å². The predicted molar refractivity (Wildman–Crippen MR) is 93.7 cm³/mol. The molecule has 6 heteroatoms. The Labute approximate surface area is 140 Å². The standard InChI is InChI=1S/C18H21N3O3/c1-12-5-7-14(8-6-12)13(2)19-16(22)10-9-15-11-20(3)18(24)21(4)17(15)23/h5-11,13H,1-4H3,(H,19,22)/b10-9+. The molecule has 2 aromatic rings. The van der Waals surface area contributed by atoms with Crippen molar-refractivity contribution in [1.82, 2.24) is 14.5 Å². The van der Waals surface area contributed by atoms with Gasteiger partial charge >= 0.3 is 5.69 Å². The summed E-state index contributed by atoms with van der Waals surface area (Å²) in [6.07, 6.45) is 4.13. The van der Waals surface area contributed by atoms with E-state index in [1.165, 1.54) is 30.0 Å². The van der Waals surface area contributed by atoms with E-state index in [1.807, 2.05) is 38.1 Å². The quantitative estimate of drug-likeness (QED) is 0.860. The maximum Gasteiger partial charge on any atom is 0.330 e. The normalized spacial score (nSPS) is 12.3. The fourth-order valence-corrected chi connectivity index (χ4v) is 2.32. The highest BCUT2D eigenvalue weighted by Crippen LogP contribution is 2.12. The van der Waals surface area contributed by atoms with Crippen LogP contribution in [0.4, 0.5) is 0 Å². The van der Waals surface area contributed by atoms with E-state index in [0.29, 0.717) is 0 Å². The fraction of sp³-hybridized carbons (Fsp3) is 0.278. The van der Waals surface area contributed by atoms with Crippen molar-refractivity contribution in [1.29, 1.82) is 0 Å². The monoisotopic (exact) mass is 327 g/mol. The molecule has 1 amide bonds. The van der Waals surface area contributed by atoms with Crippen LogP contribution < -0.4 is 16.6 Å². The van der Waals surface area contributed by atoms with E-state index in [0.717, 1.165) is 15.7 Å². The zero-order chi connectivity index (χ0) is 17.9. The molecule has 0 saturated heterocycles. The van der Waals surface area contributed by atoms with Crippen molar-refractivity contribution in [2.24, 2.45) is 14.1 Å². The molecular weight excluding hydrogens is 306 g/mol. The molecule has 0 aliphatic heterocycles. The highest BCUT2D eigenvalue weighted by atomic mass is 16.2. The summed E-state index contributed by atoms with van der Waals surface area (Å²) >= 11 is 0. The van der Waals surface area contributed by atoms with Crippen molar-refractivity contribution in [3.05, 3.63) is 74.1 Å². The van der Waals surface area contributed by atoms with Crippen LogP contribution in [0.3, 0.4) is 0 Å². The second kappa shape index (κ2) is 7.12. The Kier molecular flexibility index (Phi) is 5.18. The van der Waals surface area contributed by atoms with Crippen molar-refractivity contribution < 1.29 is 4.79 Å². The van der Waals surface area contributed by atoms with Crippen LogP contribution in [0.5, 0.6) is 0 Å². The summed E-state index contributed by atoms with van der Waals surface area (Å²) in [7, 11) is 2.96. The second-order valence-corrected chi connectivity index (χ2v) is 5.82. The van der Waals surface area contributed by atoms with E-state index in [4.69, 9.17) is 0 Å². The first-order valence-electron chi connectivity index (χ1n) is 7.61. The molecule has 0 aliphatic carbocycles. The highest BCUT2D eigenvalue weighted by Gasteiger charge is 2.08. The summed E-state index contributed by atoms with van der Waals surface area (Å²) in [5.74, 6) is -0.306. The Hall–Kier alpha value is -2.89. The number of benzene rings is 1. The molecule has 1 aromatic carbocycles. The lowest BCUT2D eigenvalue weighted by Crippen LogP contribution is -2.37. The summed E-state index contributed by atoms with van der Waals surface area (Å²) in [6.45, 7) is 3.89. The smallest absolute Gasteiger partial charge is 0.330 e. The second-order valence-electron chi connectivity index (χ2n) is 5.82. The van der Waals surface area contributed by atoms with Crippen LogP contribution in [0.1, 0.15) is 29.7 Å². The van der Waals surface area contributed by atoms with E-state index in [-0.39, 0.29) is 17.5 Å². The molecule has 0 saturated carbocycles. The van der Waals surface area contributed by atoms with Gasteiger partial charge in [0.1, 0.15) is 0 Å². The van der Waals surface area contributed by atoms with Crippen LogP contribution in [0.2, 0.25) is 0 Å². The Morgan fingerprint density at radius 1 is 1.17 bits per heavy atom. The minimum Gasteiger partial charge on any atom is -0.346 e. The van der Waals surface area contributed by atoms with Gasteiger partial charge in [0.05, 0.1) is 11.6 Å². The summed E-state index contributed by atoms with van der Waals surface area (Å²) in [6, 6.07) is 7.76. The van der Waals surface area contributed by atoms with Crippen molar-refractivity contribution in [3.8, 4) is 0 Å². The van der Waals surface area contributed by atoms with Crippen LogP contribution in [0.25, 0.3) is 6.08 Å². The van der Waals surface area contributed by atoms with Crippen LogP contribution in [-0.2, 0) is 18.9 Å². The summed E-state index contributed by atoms with van der Waals surface area (Å²) < 4.78 is 2.31. The van der Waals surface area contributed by atoms with E-state index in [2.05, 4.69) is 5.32 Å².